The van der Waals surface area contributed by atoms with E-state index in [1.165, 1.54) is 22.3 Å². The zero-order chi connectivity index (χ0) is 30.9. The minimum absolute atomic E-state index is 0.0161. The first-order valence-corrected chi connectivity index (χ1v) is 14.4. The predicted molar refractivity (Wildman–Crippen MR) is 150 cm³/mol. The first kappa shape index (κ1) is 30.0. The molecule has 5 rings (SSSR count). The van der Waals surface area contributed by atoms with Crippen LogP contribution in [0.25, 0.3) is 0 Å². The highest BCUT2D eigenvalue weighted by Gasteiger charge is 2.32. The smallest absolute Gasteiger partial charge is 0.416 e. The molecule has 2 saturated heterocycles. The summed E-state index contributed by atoms with van der Waals surface area (Å²) in [5.41, 5.74) is -0.595. The number of carboxylic acid groups (broad SMARTS) is 2. The van der Waals surface area contributed by atoms with Crippen LogP contribution in [0.3, 0.4) is 0 Å². The Morgan fingerprint density at radius 1 is 0.814 bits per heavy atom. The number of thiazole rings is 1. The lowest BCUT2D eigenvalue weighted by molar-refractivity contribution is -0.137. The molecule has 0 saturated carbocycles. The van der Waals surface area contributed by atoms with Crippen molar-refractivity contribution in [1.29, 1.82) is 0 Å². The van der Waals surface area contributed by atoms with E-state index in [2.05, 4.69) is 4.98 Å². The molecule has 226 valence electrons. The molecule has 0 bridgehead atoms. The number of carbonyl (C=O) groups excluding carboxylic acids is 2. The van der Waals surface area contributed by atoms with Crippen LogP contribution in [0.5, 0.6) is 0 Å². The van der Waals surface area contributed by atoms with E-state index >= 15 is 0 Å². The number of nitrogens with zero attached hydrogens (tertiary/aromatic N) is 4. The summed E-state index contributed by atoms with van der Waals surface area (Å²) < 4.78 is 39.3. The van der Waals surface area contributed by atoms with Gasteiger partial charge in [0.25, 0.3) is 11.8 Å². The largest absolute Gasteiger partial charge is 0.478 e. The monoisotopic (exact) mass is 616 g/mol. The molecule has 0 spiro atoms. The van der Waals surface area contributed by atoms with Gasteiger partial charge in [-0.05, 0) is 49.2 Å². The average Bonchev–Trinajstić information content (AvgIpc) is 3.50. The summed E-state index contributed by atoms with van der Waals surface area (Å²) in [6.07, 6.45) is -3.37. The van der Waals surface area contributed by atoms with Gasteiger partial charge < -0.3 is 24.9 Å². The van der Waals surface area contributed by atoms with Crippen molar-refractivity contribution in [3.8, 4) is 0 Å². The molecule has 0 unspecified atom stereocenters. The van der Waals surface area contributed by atoms with E-state index in [-0.39, 0.29) is 28.5 Å². The second kappa shape index (κ2) is 12.0. The maximum Gasteiger partial charge on any atom is 0.416 e. The Kier molecular flexibility index (Phi) is 8.40. The Balaban J connectivity index is 1.17. The Hall–Kier alpha value is -4.46. The molecule has 43 heavy (non-hydrogen) atoms. The molecular weight excluding hydrogens is 589 g/mol. The third kappa shape index (κ3) is 6.48. The van der Waals surface area contributed by atoms with Gasteiger partial charge in [0.1, 0.15) is 5.69 Å². The van der Waals surface area contributed by atoms with Crippen LogP contribution in [-0.4, -0.2) is 88.0 Å². The number of carbonyl (C=O) groups is 4. The number of carboxylic acids is 2. The van der Waals surface area contributed by atoms with Gasteiger partial charge in [-0.2, -0.15) is 13.2 Å². The molecule has 2 aromatic carbocycles. The molecule has 0 aliphatic carbocycles. The molecule has 0 atom stereocenters. The van der Waals surface area contributed by atoms with Crippen LogP contribution in [0.15, 0.2) is 47.8 Å². The van der Waals surface area contributed by atoms with Crippen LogP contribution >= 0.6 is 11.3 Å². The zero-order valence-electron chi connectivity index (χ0n) is 22.7. The fourth-order valence-electron chi connectivity index (χ4n) is 5.32. The molecule has 3 aromatic rings. The zero-order valence-corrected chi connectivity index (χ0v) is 23.5. The van der Waals surface area contributed by atoms with Crippen molar-refractivity contribution < 1.29 is 42.6 Å². The molecule has 1 aromatic heterocycles. The summed E-state index contributed by atoms with van der Waals surface area (Å²) in [5.74, 6) is -3.42. The molecule has 2 N–H and O–H groups in total. The van der Waals surface area contributed by atoms with E-state index in [9.17, 15) is 42.6 Å². The molecule has 2 amide bonds. The van der Waals surface area contributed by atoms with Crippen LogP contribution < -0.4 is 4.90 Å². The summed E-state index contributed by atoms with van der Waals surface area (Å²) >= 11 is 1.35. The highest BCUT2D eigenvalue weighted by Crippen LogP contribution is 2.33. The van der Waals surface area contributed by atoms with Gasteiger partial charge in [-0.25, -0.2) is 14.6 Å². The minimum Gasteiger partial charge on any atom is -0.478 e. The third-order valence-electron chi connectivity index (χ3n) is 7.71. The van der Waals surface area contributed by atoms with Crippen LogP contribution in [0.2, 0.25) is 0 Å². The molecular formula is C29H27F3N4O6S. The van der Waals surface area contributed by atoms with E-state index in [0.717, 1.165) is 35.3 Å². The molecule has 10 nitrogen and oxygen atoms in total. The fraction of sp³-hybridized carbons (Fsp3) is 0.345. The van der Waals surface area contributed by atoms with E-state index in [4.69, 9.17) is 0 Å². The van der Waals surface area contributed by atoms with E-state index < -0.39 is 29.6 Å². The number of hydrogen-bond acceptors (Lipinski definition) is 7. The van der Waals surface area contributed by atoms with Crippen LogP contribution in [-0.2, 0) is 6.18 Å². The van der Waals surface area contributed by atoms with Gasteiger partial charge >= 0.3 is 18.1 Å². The van der Waals surface area contributed by atoms with Gasteiger partial charge in [0.05, 0.1) is 27.3 Å². The van der Waals surface area contributed by atoms with Crippen molar-refractivity contribution in [2.45, 2.75) is 24.9 Å². The quantitative estimate of drug-likeness (QED) is 0.413. The number of piperazine rings is 1. The topological polar surface area (TPSA) is 131 Å². The number of hydrogen-bond donors (Lipinski definition) is 2. The predicted octanol–water partition coefficient (Wildman–Crippen LogP) is 4.54. The van der Waals surface area contributed by atoms with E-state index in [1.807, 2.05) is 4.90 Å². The number of halogens is 3. The first-order valence-electron chi connectivity index (χ1n) is 13.5. The molecule has 14 heteroatoms. The number of anilines is 1. The molecule has 2 aliphatic heterocycles. The molecule has 0 radical (unpaired) electrons. The summed E-state index contributed by atoms with van der Waals surface area (Å²) in [4.78, 5) is 58.8. The number of rotatable bonds is 6. The lowest BCUT2D eigenvalue weighted by Crippen LogP contribution is -2.49. The van der Waals surface area contributed by atoms with Gasteiger partial charge in [0.2, 0.25) is 0 Å². The molecule has 2 fully saturated rings. The Morgan fingerprint density at radius 3 is 2.12 bits per heavy atom. The lowest BCUT2D eigenvalue weighted by atomic mass is 9.96. The fourth-order valence-corrected chi connectivity index (χ4v) is 6.29. The Morgan fingerprint density at radius 2 is 1.49 bits per heavy atom. The second-order valence-electron chi connectivity index (χ2n) is 10.3. The van der Waals surface area contributed by atoms with Crippen LogP contribution in [0.4, 0.5) is 18.9 Å². The number of aromatic nitrogens is 1. The number of amides is 2. The average molecular weight is 617 g/mol. The first-order chi connectivity index (χ1) is 20.4. The minimum atomic E-state index is -4.43. The van der Waals surface area contributed by atoms with Gasteiger partial charge in [-0.1, -0.05) is 6.07 Å². The molecule has 3 heterocycles. The number of piperidine rings is 1. The number of likely N-dealkylation sites (tertiary alicyclic amines) is 1. The Labute approximate surface area is 248 Å². The van der Waals surface area contributed by atoms with Crippen molar-refractivity contribution in [3.63, 3.8) is 0 Å². The number of benzene rings is 2. The highest BCUT2D eigenvalue weighted by atomic mass is 32.1. The Bertz CT molecular complexity index is 1560. The summed E-state index contributed by atoms with van der Waals surface area (Å²) in [7, 11) is 0. The number of alkyl halides is 3. The van der Waals surface area contributed by atoms with Crippen LogP contribution in [0, 0.1) is 0 Å². The normalized spacial score (nSPS) is 16.3. The van der Waals surface area contributed by atoms with E-state index in [0.29, 0.717) is 63.5 Å². The van der Waals surface area contributed by atoms with Crippen molar-refractivity contribution in [3.05, 3.63) is 80.8 Å². The van der Waals surface area contributed by atoms with E-state index in [1.54, 1.807) is 16.3 Å². The summed E-state index contributed by atoms with van der Waals surface area (Å²) in [5, 5.41) is 21.2. The van der Waals surface area contributed by atoms with Crippen LogP contribution in [0.1, 0.15) is 70.9 Å². The van der Waals surface area contributed by atoms with Gasteiger partial charge in [-0.15, -0.1) is 11.3 Å². The van der Waals surface area contributed by atoms with Crippen molar-refractivity contribution >= 4 is 40.8 Å². The summed E-state index contributed by atoms with van der Waals surface area (Å²) in [6.45, 7) is 2.05. The molecule has 2 aliphatic rings. The van der Waals surface area contributed by atoms with Gasteiger partial charge in [0.15, 0.2) is 0 Å². The van der Waals surface area contributed by atoms with Gasteiger partial charge in [-0.3, -0.25) is 9.59 Å². The SMILES string of the molecule is O=C(O)c1ccc(C(=O)O)c(C(=O)N2CCC(c3nc(C(=O)N4CCN(c5cccc(C(F)(F)F)c5)CC4)cs3)CC2)c1. The van der Waals surface area contributed by atoms with Crippen molar-refractivity contribution in [2.75, 3.05) is 44.2 Å². The third-order valence-corrected chi connectivity index (χ3v) is 8.71. The lowest BCUT2D eigenvalue weighted by Gasteiger charge is -2.36. The number of aromatic carboxylic acids is 2. The standard InChI is InChI=1S/C29H27F3N4O6S/c30-29(31,32)19-2-1-3-20(15-19)34-10-12-36(13-11-34)26(38)23-16-43-24(33-23)17-6-8-35(9-7-17)25(37)22-14-18(27(39)40)4-5-21(22)28(41)42/h1-5,14-17H,6-13H2,(H,39,40)(H,41,42). The van der Waals surface area contributed by atoms with Crippen molar-refractivity contribution in [1.82, 2.24) is 14.8 Å². The second-order valence-corrected chi connectivity index (χ2v) is 11.2. The van der Waals surface area contributed by atoms with Crippen molar-refractivity contribution in [2.24, 2.45) is 0 Å². The maximum atomic E-state index is 13.1. The summed E-state index contributed by atoms with van der Waals surface area (Å²) in [6, 6.07) is 8.48. The maximum absolute atomic E-state index is 13.1. The highest BCUT2D eigenvalue weighted by molar-refractivity contribution is 7.09. The van der Waals surface area contributed by atoms with Gasteiger partial charge in [0, 0.05) is 56.3 Å².